The third-order valence-corrected chi connectivity index (χ3v) is 2.21. The molecule has 0 radical (unpaired) electrons. The minimum absolute atomic E-state index is 0.113. The Morgan fingerprint density at radius 2 is 2.31 bits per heavy atom. The number of thiol groups is 1. The topological polar surface area (TPSA) is 52.3 Å². The minimum atomic E-state index is -0.514. The first-order valence-corrected chi connectivity index (χ1v) is 4.95. The molecule has 2 N–H and O–H groups in total. The molecular weight excluding hydrogens is 186 g/mol. The van der Waals surface area contributed by atoms with Crippen LogP contribution in [0, 0.1) is 0 Å². The van der Waals surface area contributed by atoms with Crippen molar-refractivity contribution < 1.29 is 9.53 Å². The van der Waals surface area contributed by atoms with Crippen molar-refractivity contribution in [1.29, 1.82) is 0 Å². The van der Waals surface area contributed by atoms with Crippen molar-refractivity contribution in [1.82, 2.24) is 0 Å². The zero-order valence-electron chi connectivity index (χ0n) is 7.48. The predicted octanol–water partition coefficient (Wildman–Crippen LogP) is 1.88. The zero-order valence-corrected chi connectivity index (χ0v) is 8.37. The fourth-order valence-electron chi connectivity index (χ4n) is 1.43. The molecule has 0 amide bonds. The third kappa shape index (κ3) is 4.33. The van der Waals surface area contributed by atoms with Gasteiger partial charge < -0.3 is 10.5 Å². The Labute approximate surface area is 83.7 Å². The summed E-state index contributed by atoms with van der Waals surface area (Å²) >= 11 is 3.57. The van der Waals surface area contributed by atoms with Crippen molar-refractivity contribution in [2.24, 2.45) is 5.73 Å². The molecule has 0 aliphatic heterocycles. The van der Waals surface area contributed by atoms with Gasteiger partial charge in [0.2, 0.25) is 0 Å². The molecule has 0 aromatic heterocycles. The molecule has 4 heteroatoms. The molecule has 0 aromatic rings. The fourth-order valence-corrected chi connectivity index (χ4v) is 1.56. The highest BCUT2D eigenvalue weighted by Crippen LogP contribution is 2.14. The maximum atomic E-state index is 10.6. The SMILES string of the molecule is NC1CC=CC(OC(=O)S)CCC1. The number of carbonyl (C=O) groups excluding carboxylic acids is 1. The first kappa shape index (κ1) is 10.6. The van der Waals surface area contributed by atoms with E-state index in [2.05, 4.69) is 12.6 Å². The van der Waals surface area contributed by atoms with Crippen LogP contribution in [0.25, 0.3) is 0 Å². The van der Waals surface area contributed by atoms with Crippen molar-refractivity contribution in [3.05, 3.63) is 12.2 Å². The summed E-state index contributed by atoms with van der Waals surface area (Å²) < 4.78 is 4.96. The smallest absolute Gasteiger partial charge is 0.364 e. The molecule has 3 nitrogen and oxygen atoms in total. The number of hydrogen-bond acceptors (Lipinski definition) is 3. The summed E-state index contributed by atoms with van der Waals surface area (Å²) in [6, 6.07) is 0.254. The predicted molar refractivity (Wildman–Crippen MR) is 54.8 cm³/mol. The van der Waals surface area contributed by atoms with E-state index in [0.29, 0.717) is 0 Å². The Bertz CT molecular complexity index is 206. The van der Waals surface area contributed by atoms with Gasteiger partial charge >= 0.3 is 5.30 Å². The van der Waals surface area contributed by atoms with Gasteiger partial charge in [0.05, 0.1) is 0 Å². The van der Waals surface area contributed by atoms with Gasteiger partial charge in [-0.1, -0.05) is 18.7 Å². The summed E-state index contributed by atoms with van der Waals surface area (Å²) in [6.07, 6.45) is 7.45. The van der Waals surface area contributed by atoms with E-state index < -0.39 is 5.30 Å². The summed E-state index contributed by atoms with van der Waals surface area (Å²) in [6.45, 7) is 0. The van der Waals surface area contributed by atoms with Crippen molar-refractivity contribution in [3.63, 3.8) is 0 Å². The monoisotopic (exact) mass is 201 g/mol. The molecule has 2 unspecified atom stereocenters. The van der Waals surface area contributed by atoms with Gasteiger partial charge in [-0.3, -0.25) is 0 Å². The molecule has 1 aliphatic rings. The van der Waals surface area contributed by atoms with Crippen LogP contribution in [0.1, 0.15) is 25.7 Å². The minimum Gasteiger partial charge on any atom is -0.450 e. The molecule has 74 valence electrons. The van der Waals surface area contributed by atoms with Gasteiger partial charge in [-0.05, 0) is 31.8 Å². The summed E-state index contributed by atoms with van der Waals surface area (Å²) in [4.78, 5) is 10.6. The lowest BCUT2D eigenvalue weighted by atomic mass is 10.0. The normalized spacial score (nSPS) is 29.1. The Morgan fingerprint density at radius 3 is 3.00 bits per heavy atom. The zero-order chi connectivity index (χ0) is 9.68. The van der Waals surface area contributed by atoms with E-state index in [1.54, 1.807) is 0 Å². The highest BCUT2D eigenvalue weighted by atomic mass is 32.1. The van der Waals surface area contributed by atoms with Gasteiger partial charge in [-0.15, -0.1) is 0 Å². The quantitative estimate of drug-likeness (QED) is 0.387. The average molecular weight is 201 g/mol. The molecule has 0 fully saturated rings. The summed E-state index contributed by atoms with van der Waals surface area (Å²) in [7, 11) is 0. The van der Waals surface area contributed by atoms with E-state index in [9.17, 15) is 4.79 Å². The molecular formula is C9H15NO2S. The molecule has 0 saturated heterocycles. The van der Waals surface area contributed by atoms with Gasteiger partial charge in [-0.25, -0.2) is 4.79 Å². The summed E-state index contributed by atoms with van der Waals surface area (Å²) in [5.41, 5.74) is 5.78. The van der Waals surface area contributed by atoms with Crippen LogP contribution < -0.4 is 5.73 Å². The van der Waals surface area contributed by atoms with E-state index in [1.165, 1.54) is 0 Å². The molecule has 0 aromatic carbocycles. The molecule has 0 saturated carbocycles. The van der Waals surface area contributed by atoms with Crippen LogP contribution in [0.2, 0.25) is 0 Å². The van der Waals surface area contributed by atoms with Crippen LogP contribution in [0.3, 0.4) is 0 Å². The van der Waals surface area contributed by atoms with Crippen LogP contribution in [0.15, 0.2) is 12.2 Å². The summed E-state index contributed by atoms with van der Waals surface area (Å²) in [5, 5.41) is -0.514. The van der Waals surface area contributed by atoms with Crippen LogP contribution >= 0.6 is 12.6 Å². The molecule has 0 heterocycles. The number of ether oxygens (including phenoxy) is 1. The molecule has 2 atom stereocenters. The van der Waals surface area contributed by atoms with E-state index in [4.69, 9.17) is 10.5 Å². The molecule has 13 heavy (non-hydrogen) atoms. The molecule has 1 aliphatic carbocycles. The van der Waals surface area contributed by atoms with Gasteiger partial charge in [-0.2, -0.15) is 0 Å². The summed E-state index contributed by atoms with van der Waals surface area (Å²) in [5.74, 6) is 0. The third-order valence-electron chi connectivity index (χ3n) is 2.11. The van der Waals surface area contributed by atoms with Crippen molar-refractivity contribution in [2.75, 3.05) is 0 Å². The van der Waals surface area contributed by atoms with Crippen LogP contribution in [0.5, 0.6) is 0 Å². The largest absolute Gasteiger partial charge is 0.450 e. The molecule has 1 rings (SSSR count). The number of rotatable bonds is 1. The van der Waals surface area contributed by atoms with Crippen molar-refractivity contribution in [2.45, 2.75) is 37.8 Å². The second kappa shape index (κ2) is 5.29. The average Bonchev–Trinajstić information content (AvgIpc) is 1.99. The highest BCUT2D eigenvalue weighted by molar-refractivity contribution is 7.96. The van der Waals surface area contributed by atoms with Crippen LogP contribution in [-0.2, 0) is 4.74 Å². The second-order valence-corrected chi connectivity index (χ2v) is 3.64. The standard InChI is InChI=1S/C9H15NO2S/c10-7-3-1-5-8(6-2-4-7)12-9(11)13/h1,5,7-8H,2-4,6,10H2,(H,11,13). The first-order valence-electron chi connectivity index (χ1n) is 4.50. The molecule has 0 spiro atoms. The number of hydrogen-bond donors (Lipinski definition) is 2. The van der Waals surface area contributed by atoms with E-state index in [1.807, 2.05) is 12.2 Å². The Balaban J connectivity index is 2.42. The second-order valence-electron chi connectivity index (χ2n) is 3.28. The maximum Gasteiger partial charge on any atom is 0.364 e. The lowest BCUT2D eigenvalue weighted by Crippen LogP contribution is -2.22. The lowest BCUT2D eigenvalue weighted by molar-refractivity contribution is 0.140. The van der Waals surface area contributed by atoms with E-state index in [-0.39, 0.29) is 12.1 Å². The maximum absolute atomic E-state index is 10.6. The number of carbonyl (C=O) groups is 1. The van der Waals surface area contributed by atoms with Gasteiger partial charge in [0.25, 0.3) is 0 Å². The van der Waals surface area contributed by atoms with Crippen molar-refractivity contribution in [3.8, 4) is 0 Å². The van der Waals surface area contributed by atoms with Crippen molar-refractivity contribution >= 4 is 17.9 Å². The molecule has 0 bridgehead atoms. The first-order chi connectivity index (χ1) is 6.18. The lowest BCUT2D eigenvalue weighted by Gasteiger charge is -2.17. The van der Waals surface area contributed by atoms with Crippen LogP contribution in [-0.4, -0.2) is 17.4 Å². The van der Waals surface area contributed by atoms with Crippen LogP contribution in [0.4, 0.5) is 4.79 Å². The van der Waals surface area contributed by atoms with E-state index in [0.717, 1.165) is 25.7 Å². The Morgan fingerprint density at radius 1 is 1.54 bits per heavy atom. The Kier molecular flexibility index (Phi) is 4.32. The van der Waals surface area contributed by atoms with Gasteiger partial charge in [0, 0.05) is 6.04 Å². The van der Waals surface area contributed by atoms with Gasteiger partial charge in [0.1, 0.15) is 6.10 Å². The van der Waals surface area contributed by atoms with Gasteiger partial charge in [0.15, 0.2) is 0 Å². The Hall–Kier alpha value is -0.480. The number of nitrogens with two attached hydrogens (primary N) is 1. The van der Waals surface area contributed by atoms with E-state index >= 15 is 0 Å². The fraction of sp³-hybridized carbons (Fsp3) is 0.667. The highest BCUT2D eigenvalue weighted by Gasteiger charge is 2.12.